The number of ketones is 1. The molecule has 0 radical (unpaired) electrons. The van der Waals surface area contributed by atoms with Gasteiger partial charge in [0.2, 0.25) is 5.78 Å². The number of primary amides is 1. The molecule has 0 atom stereocenters. The van der Waals surface area contributed by atoms with Crippen LogP contribution in [0.25, 0.3) is 11.3 Å². The Balaban J connectivity index is 2.18. The molecule has 3 aromatic rings. The van der Waals surface area contributed by atoms with Crippen LogP contribution < -0.4 is 16.2 Å². The van der Waals surface area contributed by atoms with Gasteiger partial charge in [-0.3, -0.25) is 9.59 Å². The number of carbonyl (C=O) groups excluding carboxylic acids is 2. The van der Waals surface area contributed by atoms with Crippen LogP contribution in [-0.2, 0) is 0 Å². The molecule has 1 heterocycles. The number of amides is 1. The van der Waals surface area contributed by atoms with E-state index in [1.807, 2.05) is 0 Å². The number of methoxy groups -OCH3 is 1. The fraction of sp³-hybridized carbons (Fsp3) is 0.0526. The van der Waals surface area contributed by atoms with Crippen LogP contribution in [-0.4, -0.2) is 23.8 Å². The van der Waals surface area contributed by atoms with E-state index in [-0.39, 0.29) is 22.6 Å². The first kappa shape index (κ1) is 18.1. The number of carbonyl (C=O) groups is 2. The number of nitrogen functional groups attached to an aromatic ring is 1. The van der Waals surface area contributed by atoms with Gasteiger partial charge in [0.1, 0.15) is 23.1 Å². The Morgan fingerprint density at radius 3 is 2.11 bits per heavy atom. The van der Waals surface area contributed by atoms with Crippen molar-refractivity contribution in [1.82, 2.24) is 4.98 Å². The maximum absolute atomic E-state index is 14.0. The van der Waals surface area contributed by atoms with Gasteiger partial charge in [-0.05, 0) is 42.0 Å². The Hall–Kier alpha value is -3.68. The van der Waals surface area contributed by atoms with Crippen LogP contribution in [0.5, 0.6) is 5.75 Å². The van der Waals surface area contributed by atoms with Crippen molar-refractivity contribution in [2.45, 2.75) is 0 Å². The minimum absolute atomic E-state index is 0.139. The summed E-state index contributed by atoms with van der Waals surface area (Å²) in [6.07, 6.45) is 0. The van der Waals surface area contributed by atoms with E-state index in [1.54, 1.807) is 24.3 Å². The number of nitrogens with two attached hydrogens (primary N) is 2. The summed E-state index contributed by atoms with van der Waals surface area (Å²) in [5.74, 6) is -3.42. The normalized spacial score (nSPS) is 10.6. The number of nitrogens with one attached hydrogen (secondary N) is 1. The van der Waals surface area contributed by atoms with Crippen molar-refractivity contribution in [3.63, 3.8) is 0 Å². The van der Waals surface area contributed by atoms with Gasteiger partial charge >= 0.3 is 0 Å². The second-order valence-corrected chi connectivity index (χ2v) is 5.68. The molecule has 8 heteroatoms. The standard InChI is InChI=1S/C19H15F2N3O3/c1-27-10-7-5-9(6-8-10)16-14(19(23)26)15(22)17(24-16)18(25)13-11(20)3-2-4-12(13)21/h2-8,24H,22H2,1H3,(H2,23,26). The topological polar surface area (TPSA) is 111 Å². The van der Waals surface area contributed by atoms with E-state index in [1.165, 1.54) is 7.11 Å². The summed E-state index contributed by atoms with van der Waals surface area (Å²) in [5, 5.41) is 0. The highest BCUT2D eigenvalue weighted by Gasteiger charge is 2.28. The van der Waals surface area contributed by atoms with Crippen molar-refractivity contribution in [2.24, 2.45) is 5.73 Å². The number of ether oxygens (including phenoxy) is 1. The van der Waals surface area contributed by atoms with Gasteiger partial charge in [0, 0.05) is 0 Å². The molecule has 0 saturated carbocycles. The Labute approximate surface area is 152 Å². The minimum Gasteiger partial charge on any atom is -0.497 e. The van der Waals surface area contributed by atoms with E-state index in [0.717, 1.165) is 18.2 Å². The summed E-state index contributed by atoms with van der Waals surface area (Å²) in [6.45, 7) is 0. The van der Waals surface area contributed by atoms with Crippen LogP contribution in [0.2, 0.25) is 0 Å². The molecular formula is C19H15F2N3O3. The van der Waals surface area contributed by atoms with E-state index in [4.69, 9.17) is 16.2 Å². The second kappa shape index (κ2) is 6.91. The van der Waals surface area contributed by atoms with Gasteiger partial charge in [0.25, 0.3) is 5.91 Å². The first-order chi connectivity index (χ1) is 12.8. The number of rotatable bonds is 5. The third-order valence-electron chi connectivity index (χ3n) is 4.08. The number of aromatic nitrogens is 1. The fourth-order valence-electron chi connectivity index (χ4n) is 2.76. The van der Waals surface area contributed by atoms with Gasteiger partial charge in [0.05, 0.1) is 29.6 Å². The first-order valence-corrected chi connectivity index (χ1v) is 7.79. The van der Waals surface area contributed by atoms with Crippen molar-refractivity contribution in [3.05, 3.63) is 70.9 Å². The van der Waals surface area contributed by atoms with E-state index < -0.39 is 28.9 Å². The third-order valence-corrected chi connectivity index (χ3v) is 4.08. The largest absolute Gasteiger partial charge is 0.497 e. The molecule has 1 amide bonds. The number of hydrogen-bond acceptors (Lipinski definition) is 4. The molecule has 0 aliphatic carbocycles. The number of aromatic amines is 1. The maximum Gasteiger partial charge on any atom is 0.253 e. The Kier molecular flexibility index (Phi) is 4.64. The smallest absolute Gasteiger partial charge is 0.253 e. The Morgan fingerprint density at radius 1 is 1.00 bits per heavy atom. The molecule has 3 rings (SSSR count). The summed E-state index contributed by atoms with van der Waals surface area (Å²) in [5.41, 5.74) is 10.5. The summed E-state index contributed by atoms with van der Waals surface area (Å²) >= 11 is 0. The Bertz CT molecular complexity index is 1020. The molecule has 0 aliphatic heterocycles. The number of anilines is 1. The van der Waals surface area contributed by atoms with Crippen LogP contribution in [0.15, 0.2) is 42.5 Å². The van der Waals surface area contributed by atoms with Crippen molar-refractivity contribution in [1.29, 1.82) is 0 Å². The van der Waals surface area contributed by atoms with Gasteiger partial charge in [-0.25, -0.2) is 8.78 Å². The average Bonchev–Trinajstić information content (AvgIpc) is 2.99. The zero-order chi connectivity index (χ0) is 19.7. The van der Waals surface area contributed by atoms with Crippen molar-refractivity contribution in [3.8, 4) is 17.0 Å². The second-order valence-electron chi connectivity index (χ2n) is 5.68. The number of benzene rings is 2. The zero-order valence-corrected chi connectivity index (χ0v) is 14.2. The average molecular weight is 371 g/mol. The predicted molar refractivity (Wildman–Crippen MR) is 95.5 cm³/mol. The molecule has 5 N–H and O–H groups in total. The minimum atomic E-state index is -1.04. The predicted octanol–water partition coefficient (Wildman–Crippen LogP) is 2.88. The number of H-pyrrole nitrogens is 1. The number of hydrogen-bond donors (Lipinski definition) is 3. The summed E-state index contributed by atoms with van der Waals surface area (Å²) in [4.78, 5) is 27.2. The molecule has 0 fully saturated rings. The fourth-order valence-corrected chi connectivity index (χ4v) is 2.76. The first-order valence-electron chi connectivity index (χ1n) is 7.79. The molecule has 0 bridgehead atoms. The van der Waals surface area contributed by atoms with Crippen LogP contribution in [0.4, 0.5) is 14.5 Å². The Morgan fingerprint density at radius 2 is 1.59 bits per heavy atom. The molecule has 1 aromatic heterocycles. The third kappa shape index (κ3) is 3.12. The highest BCUT2D eigenvalue weighted by atomic mass is 19.1. The molecule has 2 aromatic carbocycles. The quantitative estimate of drug-likeness (QED) is 0.599. The highest BCUT2D eigenvalue weighted by molar-refractivity contribution is 6.16. The van der Waals surface area contributed by atoms with Crippen LogP contribution in [0.3, 0.4) is 0 Å². The molecule has 0 aliphatic rings. The molecule has 27 heavy (non-hydrogen) atoms. The van der Waals surface area contributed by atoms with Crippen molar-refractivity contribution < 1.29 is 23.1 Å². The van der Waals surface area contributed by atoms with Gasteiger partial charge in [-0.1, -0.05) is 6.07 Å². The molecule has 0 spiro atoms. The van der Waals surface area contributed by atoms with Crippen LogP contribution >= 0.6 is 0 Å². The van der Waals surface area contributed by atoms with Crippen molar-refractivity contribution in [2.75, 3.05) is 12.8 Å². The lowest BCUT2D eigenvalue weighted by atomic mass is 10.0. The summed E-state index contributed by atoms with van der Waals surface area (Å²) in [6, 6.07) is 9.55. The van der Waals surface area contributed by atoms with Crippen LogP contribution in [0.1, 0.15) is 26.4 Å². The lowest BCUT2D eigenvalue weighted by molar-refractivity contribution is 0.100. The molecule has 138 valence electrons. The van der Waals surface area contributed by atoms with Crippen molar-refractivity contribution >= 4 is 17.4 Å². The van der Waals surface area contributed by atoms with E-state index in [9.17, 15) is 18.4 Å². The molecular weight excluding hydrogens is 356 g/mol. The molecule has 6 nitrogen and oxygen atoms in total. The molecule has 0 saturated heterocycles. The summed E-state index contributed by atoms with van der Waals surface area (Å²) < 4.78 is 33.0. The lowest BCUT2D eigenvalue weighted by Gasteiger charge is -2.04. The SMILES string of the molecule is COc1ccc(-c2[nH]c(C(=O)c3c(F)cccc3F)c(N)c2C(N)=O)cc1. The van der Waals surface area contributed by atoms with E-state index in [0.29, 0.717) is 11.3 Å². The zero-order valence-electron chi connectivity index (χ0n) is 14.2. The van der Waals surface area contributed by atoms with Crippen LogP contribution in [0, 0.1) is 11.6 Å². The van der Waals surface area contributed by atoms with Gasteiger partial charge in [-0.15, -0.1) is 0 Å². The van der Waals surface area contributed by atoms with E-state index >= 15 is 0 Å². The maximum atomic E-state index is 14.0. The van der Waals surface area contributed by atoms with Gasteiger partial charge < -0.3 is 21.2 Å². The van der Waals surface area contributed by atoms with E-state index in [2.05, 4.69) is 4.98 Å². The number of halogens is 2. The molecule has 0 unspecified atom stereocenters. The monoisotopic (exact) mass is 371 g/mol. The van der Waals surface area contributed by atoms with Gasteiger partial charge in [-0.2, -0.15) is 0 Å². The highest BCUT2D eigenvalue weighted by Crippen LogP contribution is 2.32. The van der Waals surface area contributed by atoms with Gasteiger partial charge in [0.15, 0.2) is 0 Å². The lowest BCUT2D eigenvalue weighted by Crippen LogP contribution is -2.14. The summed E-state index contributed by atoms with van der Waals surface area (Å²) in [7, 11) is 1.50.